The number of piperazine rings is 1. The Bertz CT molecular complexity index is 501. The Morgan fingerprint density at radius 1 is 1.37 bits per heavy atom. The smallest absolute Gasteiger partial charge is 0.247 e. The van der Waals surface area contributed by atoms with Gasteiger partial charge in [-0.15, -0.1) is 0 Å². The van der Waals surface area contributed by atoms with Crippen LogP contribution >= 0.6 is 0 Å². The van der Waals surface area contributed by atoms with Crippen LogP contribution in [0.3, 0.4) is 0 Å². The van der Waals surface area contributed by atoms with E-state index in [0.29, 0.717) is 12.4 Å². The molecule has 19 heavy (non-hydrogen) atoms. The fourth-order valence-electron chi connectivity index (χ4n) is 2.44. The summed E-state index contributed by atoms with van der Waals surface area (Å²) in [5, 5.41) is 0. The summed E-state index contributed by atoms with van der Waals surface area (Å²) in [6.07, 6.45) is 1.45. The topological polar surface area (TPSA) is 87.4 Å². The molecular weight excluding hydrogens is 244 g/mol. The maximum atomic E-state index is 12.3. The monoisotopic (exact) mass is 264 g/mol. The minimum atomic E-state index is -0.627. The molecule has 0 bridgehead atoms. The van der Waals surface area contributed by atoms with E-state index in [1.807, 2.05) is 32.7 Å². The Morgan fingerprint density at radius 2 is 2.05 bits per heavy atom. The van der Waals surface area contributed by atoms with Crippen LogP contribution in [0.25, 0.3) is 0 Å². The van der Waals surface area contributed by atoms with Crippen LogP contribution in [0.4, 0.5) is 11.6 Å². The van der Waals surface area contributed by atoms with Gasteiger partial charge in [-0.25, -0.2) is 15.8 Å². The summed E-state index contributed by atoms with van der Waals surface area (Å²) >= 11 is 0. The molecule has 1 aromatic heterocycles. The molecule has 7 nitrogen and oxygen atoms in total. The summed E-state index contributed by atoms with van der Waals surface area (Å²) < 4.78 is 0. The molecular formula is C12H20N6O. The van der Waals surface area contributed by atoms with Crippen molar-refractivity contribution in [2.24, 2.45) is 5.84 Å². The van der Waals surface area contributed by atoms with Crippen LogP contribution in [0.2, 0.25) is 0 Å². The highest BCUT2D eigenvalue weighted by Gasteiger charge is 2.41. The number of hydrogen-bond acceptors (Lipinski definition) is 6. The molecule has 2 rings (SSSR count). The lowest BCUT2D eigenvalue weighted by Crippen LogP contribution is -2.62. The van der Waals surface area contributed by atoms with Crippen molar-refractivity contribution in [1.82, 2.24) is 14.9 Å². The van der Waals surface area contributed by atoms with Gasteiger partial charge in [-0.3, -0.25) is 4.79 Å². The molecule has 0 unspecified atom stereocenters. The van der Waals surface area contributed by atoms with E-state index in [1.54, 1.807) is 4.90 Å². The van der Waals surface area contributed by atoms with Gasteiger partial charge in [-0.1, -0.05) is 0 Å². The van der Waals surface area contributed by atoms with Gasteiger partial charge >= 0.3 is 0 Å². The van der Waals surface area contributed by atoms with Crippen molar-refractivity contribution < 1.29 is 4.79 Å². The highest BCUT2D eigenvalue weighted by Crippen LogP contribution is 2.30. The molecule has 0 radical (unpaired) electrons. The third kappa shape index (κ3) is 2.10. The zero-order chi connectivity index (χ0) is 14.2. The molecule has 1 aliphatic heterocycles. The van der Waals surface area contributed by atoms with Crippen LogP contribution in [0.15, 0.2) is 6.33 Å². The van der Waals surface area contributed by atoms with Crippen LogP contribution in [-0.4, -0.2) is 46.5 Å². The molecule has 2 heterocycles. The number of anilines is 2. The summed E-state index contributed by atoms with van der Waals surface area (Å²) in [5.41, 5.74) is 2.76. The molecule has 0 spiro atoms. The molecule has 0 atom stereocenters. The van der Waals surface area contributed by atoms with Gasteiger partial charge in [-0.05, 0) is 20.8 Å². The van der Waals surface area contributed by atoms with E-state index in [1.165, 1.54) is 6.33 Å². The summed E-state index contributed by atoms with van der Waals surface area (Å²) in [6, 6.07) is 0. The Balaban J connectivity index is 2.44. The summed E-state index contributed by atoms with van der Waals surface area (Å²) in [5.74, 6) is 6.84. The molecule has 0 aromatic carbocycles. The number of rotatable bonds is 2. The van der Waals surface area contributed by atoms with E-state index in [4.69, 9.17) is 5.84 Å². The van der Waals surface area contributed by atoms with Crippen LogP contribution < -0.4 is 16.2 Å². The SMILES string of the molecule is Cc1c(NN)ncnc1N1CCN(C)C(=O)C1(C)C. The molecule has 0 saturated carbocycles. The molecule has 7 heteroatoms. The zero-order valence-corrected chi connectivity index (χ0v) is 11.8. The van der Waals surface area contributed by atoms with Crippen molar-refractivity contribution in [2.45, 2.75) is 26.3 Å². The summed E-state index contributed by atoms with van der Waals surface area (Å²) in [4.78, 5) is 24.4. The quantitative estimate of drug-likeness (QED) is 0.583. The second-order valence-electron chi connectivity index (χ2n) is 5.25. The zero-order valence-electron chi connectivity index (χ0n) is 11.8. The Morgan fingerprint density at radius 3 is 2.68 bits per heavy atom. The minimum absolute atomic E-state index is 0.0824. The van der Waals surface area contributed by atoms with E-state index in [2.05, 4.69) is 15.4 Å². The number of carbonyl (C=O) groups is 1. The van der Waals surface area contributed by atoms with Gasteiger partial charge in [0.05, 0.1) is 0 Å². The lowest BCUT2D eigenvalue weighted by atomic mass is 9.97. The van der Waals surface area contributed by atoms with Crippen molar-refractivity contribution in [3.8, 4) is 0 Å². The number of nitrogens with one attached hydrogen (secondary N) is 1. The van der Waals surface area contributed by atoms with E-state index in [9.17, 15) is 4.79 Å². The molecule has 104 valence electrons. The number of likely N-dealkylation sites (N-methyl/N-ethyl adjacent to an activating group) is 1. The number of nitrogens with two attached hydrogens (primary N) is 1. The number of nitrogens with zero attached hydrogens (tertiary/aromatic N) is 4. The van der Waals surface area contributed by atoms with Crippen molar-refractivity contribution >= 4 is 17.5 Å². The van der Waals surface area contributed by atoms with Crippen LogP contribution in [-0.2, 0) is 4.79 Å². The van der Waals surface area contributed by atoms with Crippen LogP contribution in [0.1, 0.15) is 19.4 Å². The second-order valence-corrected chi connectivity index (χ2v) is 5.25. The Hall–Kier alpha value is -1.89. The predicted octanol–water partition coefficient (Wildman–Crippen LogP) is 0.128. The number of aromatic nitrogens is 2. The molecule has 1 aromatic rings. The standard InChI is InChI=1S/C12H20N6O/c1-8-9(16-13)14-7-15-10(8)18-6-5-17(4)11(19)12(18,2)3/h7H,5-6,13H2,1-4H3,(H,14,15,16). The third-order valence-corrected chi connectivity index (χ3v) is 3.65. The maximum Gasteiger partial charge on any atom is 0.247 e. The maximum absolute atomic E-state index is 12.3. The molecule has 1 amide bonds. The Kier molecular flexibility index (Phi) is 3.32. The van der Waals surface area contributed by atoms with Crippen molar-refractivity contribution in [3.63, 3.8) is 0 Å². The normalized spacial score (nSPS) is 18.7. The van der Waals surface area contributed by atoms with Crippen molar-refractivity contribution in [2.75, 3.05) is 30.5 Å². The predicted molar refractivity (Wildman–Crippen MR) is 73.6 cm³/mol. The molecule has 1 fully saturated rings. The van der Waals surface area contributed by atoms with Gasteiger partial charge in [0.2, 0.25) is 5.91 Å². The van der Waals surface area contributed by atoms with Crippen LogP contribution in [0, 0.1) is 6.92 Å². The minimum Gasteiger partial charge on any atom is -0.342 e. The van der Waals surface area contributed by atoms with Gasteiger partial charge < -0.3 is 15.2 Å². The number of hydrogen-bond donors (Lipinski definition) is 2. The van der Waals surface area contributed by atoms with Crippen LogP contribution in [0.5, 0.6) is 0 Å². The molecule has 1 aliphatic rings. The number of amides is 1. The van der Waals surface area contributed by atoms with Gasteiger partial charge in [0, 0.05) is 25.7 Å². The van der Waals surface area contributed by atoms with Crippen molar-refractivity contribution in [1.29, 1.82) is 0 Å². The molecule has 1 saturated heterocycles. The molecule has 3 N–H and O–H groups in total. The number of carbonyl (C=O) groups excluding carboxylic acids is 1. The number of hydrazine groups is 1. The van der Waals surface area contributed by atoms with Gasteiger partial charge in [0.1, 0.15) is 23.5 Å². The molecule has 0 aliphatic carbocycles. The van der Waals surface area contributed by atoms with Crippen molar-refractivity contribution in [3.05, 3.63) is 11.9 Å². The highest BCUT2D eigenvalue weighted by atomic mass is 16.2. The first-order chi connectivity index (χ1) is 8.89. The van der Waals surface area contributed by atoms with Gasteiger partial charge in [0.25, 0.3) is 0 Å². The number of nitrogen functional groups attached to an aromatic ring is 1. The third-order valence-electron chi connectivity index (χ3n) is 3.65. The first-order valence-electron chi connectivity index (χ1n) is 6.21. The first kappa shape index (κ1) is 13.5. The Labute approximate surface area is 112 Å². The average molecular weight is 264 g/mol. The van der Waals surface area contributed by atoms with Gasteiger partial charge in [0.15, 0.2) is 0 Å². The lowest BCUT2D eigenvalue weighted by Gasteiger charge is -2.45. The van der Waals surface area contributed by atoms with Gasteiger partial charge in [-0.2, -0.15) is 0 Å². The lowest BCUT2D eigenvalue weighted by molar-refractivity contribution is -0.136. The van der Waals surface area contributed by atoms with E-state index >= 15 is 0 Å². The van der Waals surface area contributed by atoms with E-state index < -0.39 is 5.54 Å². The highest BCUT2D eigenvalue weighted by molar-refractivity contribution is 5.90. The van der Waals surface area contributed by atoms with E-state index in [-0.39, 0.29) is 5.91 Å². The summed E-state index contributed by atoms with van der Waals surface area (Å²) in [7, 11) is 1.82. The fourth-order valence-corrected chi connectivity index (χ4v) is 2.44. The van der Waals surface area contributed by atoms with E-state index in [0.717, 1.165) is 17.9 Å². The fraction of sp³-hybridized carbons (Fsp3) is 0.583. The first-order valence-corrected chi connectivity index (χ1v) is 6.21. The average Bonchev–Trinajstić information content (AvgIpc) is 2.37. The largest absolute Gasteiger partial charge is 0.342 e. The second kappa shape index (κ2) is 4.65. The summed E-state index contributed by atoms with van der Waals surface area (Å²) in [6.45, 7) is 7.11.